The molecule has 0 N–H and O–H groups in total. The predicted molar refractivity (Wildman–Crippen MR) is 159 cm³/mol. The van der Waals surface area contributed by atoms with Crippen LogP contribution in [0.15, 0.2) is 94.5 Å². The molecule has 0 atom stereocenters. The van der Waals surface area contributed by atoms with Gasteiger partial charge in [-0.15, -0.1) is 22.7 Å². The Kier molecular flexibility index (Phi) is 7.32. The Morgan fingerprint density at radius 3 is 1.41 bits per heavy atom. The molecule has 41 heavy (non-hydrogen) atoms. The fourth-order valence-electron chi connectivity index (χ4n) is 4.27. The van der Waals surface area contributed by atoms with Crippen molar-refractivity contribution in [3.8, 4) is 11.5 Å². The Morgan fingerprint density at radius 1 is 0.537 bits per heavy atom. The third kappa shape index (κ3) is 5.60. The van der Waals surface area contributed by atoms with Crippen LogP contribution in [0.2, 0.25) is 0 Å². The van der Waals surface area contributed by atoms with Crippen LogP contribution in [0.3, 0.4) is 0 Å². The molecule has 0 aliphatic carbocycles. The second-order valence-electron chi connectivity index (χ2n) is 8.90. The molecular formula is C31H20O8S2. The first-order valence-electron chi connectivity index (χ1n) is 12.4. The Morgan fingerprint density at radius 2 is 0.951 bits per heavy atom. The number of hydrogen-bond donors (Lipinski definition) is 0. The van der Waals surface area contributed by atoms with Crippen molar-refractivity contribution in [1.29, 1.82) is 0 Å². The number of rotatable bonds is 8. The number of fused-ring (bicyclic) bond motifs is 4. The fraction of sp³-hybridized carbons (Fsp3) is 0.0968. The lowest BCUT2D eigenvalue weighted by molar-refractivity contribution is -0.169. The monoisotopic (exact) mass is 584 g/mol. The Bertz CT molecular complexity index is 1930. The summed E-state index contributed by atoms with van der Waals surface area (Å²) in [6, 6.07) is 24.8. The molecule has 2 heterocycles. The summed E-state index contributed by atoms with van der Waals surface area (Å²) in [7, 11) is 0. The second-order valence-corrected chi connectivity index (χ2v) is 11.1. The van der Waals surface area contributed by atoms with Crippen LogP contribution < -0.4 is 20.3 Å². The lowest BCUT2D eigenvalue weighted by Crippen LogP contribution is -2.21. The Hall–Kier alpha value is -4.80. The van der Waals surface area contributed by atoms with Crippen molar-refractivity contribution in [2.24, 2.45) is 0 Å². The average Bonchev–Trinajstić information content (AvgIpc) is 2.99. The standard InChI is InChI=1S/C31H20O8S2/c32-28(15-36-18-9-11-26-22(13-18)30(34)20-5-1-3-7-24(20)40-26)38-17-39-29(33)16-37-19-10-12-27-23(14-19)31(35)21-6-2-4-8-25(21)41-27/h1-14H,15-17H2. The highest BCUT2D eigenvalue weighted by Crippen LogP contribution is 2.28. The molecule has 0 amide bonds. The van der Waals surface area contributed by atoms with Crippen molar-refractivity contribution in [1.82, 2.24) is 0 Å². The molecule has 4 aromatic carbocycles. The highest BCUT2D eigenvalue weighted by molar-refractivity contribution is 7.24. The summed E-state index contributed by atoms with van der Waals surface area (Å²) < 4.78 is 24.2. The van der Waals surface area contributed by atoms with E-state index in [-0.39, 0.29) is 10.9 Å². The van der Waals surface area contributed by atoms with Crippen molar-refractivity contribution in [2.45, 2.75) is 0 Å². The first-order chi connectivity index (χ1) is 20.0. The number of benzene rings is 4. The van der Waals surface area contributed by atoms with Gasteiger partial charge in [0.15, 0.2) is 24.1 Å². The van der Waals surface area contributed by atoms with Gasteiger partial charge in [0, 0.05) is 40.3 Å². The molecule has 0 fully saturated rings. The van der Waals surface area contributed by atoms with Gasteiger partial charge in [-0.05, 0) is 60.7 Å². The quantitative estimate of drug-likeness (QED) is 0.129. The number of carbonyl (C=O) groups is 2. The zero-order chi connectivity index (χ0) is 28.3. The maximum atomic E-state index is 12.8. The molecule has 204 valence electrons. The van der Waals surface area contributed by atoms with E-state index in [4.69, 9.17) is 18.9 Å². The molecule has 0 unspecified atom stereocenters. The van der Waals surface area contributed by atoms with Crippen LogP contribution in [0.4, 0.5) is 0 Å². The van der Waals surface area contributed by atoms with Crippen LogP contribution in [0.5, 0.6) is 11.5 Å². The number of carbonyl (C=O) groups excluding carboxylic acids is 2. The van der Waals surface area contributed by atoms with Crippen molar-refractivity contribution in [3.05, 3.63) is 105 Å². The van der Waals surface area contributed by atoms with Crippen LogP contribution in [0.1, 0.15) is 0 Å². The SMILES string of the molecule is O=C(COc1ccc2sc3ccccc3c(=O)c2c1)OCOC(=O)COc1ccc2sc3ccccc3c(=O)c2c1. The molecule has 2 aromatic heterocycles. The minimum absolute atomic E-state index is 0.109. The van der Waals surface area contributed by atoms with Crippen molar-refractivity contribution >= 4 is 75.0 Å². The van der Waals surface area contributed by atoms with Gasteiger partial charge < -0.3 is 18.9 Å². The van der Waals surface area contributed by atoms with E-state index >= 15 is 0 Å². The first-order valence-corrected chi connectivity index (χ1v) is 14.1. The summed E-state index contributed by atoms with van der Waals surface area (Å²) in [5, 5.41) is 2.25. The highest BCUT2D eigenvalue weighted by Gasteiger charge is 2.12. The lowest BCUT2D eigenvalue weighted by atomic mass is 10.2. The van der Waals surface area contributed by atoms with E-state index in [0.29, 0.717) is 33.0 Å². The number of esters is 2. The topological polar surface area (TPSA) is 105 Å². The number of hydrogen-bond acceptors (Lipinski definition) is 10. The van der Waals surface area contributed by atoms with E-state index < -0.39 is 31.9 Å². The van der Waals surface area contributed by atoms with Crippen molar-refractivity contribution in [3.63, 3.8) is 0 Å². The van der Waals surface area contributed by atoms with E-state index in [2.05, 4.69) is 0 Å². The lowest BCUT2D eigenvalue weighted by Gasteiger charge is -2.10. The molecule has 0 spiro atoms. The fourth-order valence-corrected chi connectivity index (χ4v) is 6.38. The minimum atomic E-state index is -0.756. The predicted octanol–water partition coefficient (Wildman–Crippen LogP) is 5.64. The van der Waals surface area contributed by atoms with Gasteiger partial charge in [-0.2, -0.15) is 0 Å². The van der Waals surface area contributed by atoms with E-state index in [1.165, 1.54) is 22.7 Å². The summed E-state index contributed by atoms with van der Waals surface area (Å²) in [5.74, 6) is -0.836. The van der Waals surface area contributed by atoms with Crippen LogP contribution >= 0.6 is 22.7 Å². The van der Waals surface area contributed by atoms with Crippen LogP contribution in [-0.2, 0) is 19.1 Å². The van der Waals surface area contributed by atoms with E-state index in [9.17, 15) is 19.2 Å². The molecule has 0 radical (unpaired) electrons. The van der Waals surface area contributed by atoms with Gasteiger partial charge in [0.1, 0.15) is 11.5 Å². The number of ether oxygens (including phenoxy) is 4. The summed E-state index contributed by atoms with van der Waals surface area (Å²) in [4.78, 5) is 49.8. The smallest absolute Gasteiger partial charge is 0.347 e. The third-order valence-electron chi connectivity index (χ3n) is 6.25. The minimum Gasteiger partial charge on any atom is -0.482 e. The van der Waals surface area contributed by atoms with Gasteiger partial charge in [0.25, 0.3) is 0 Å². The van der Waals surface area contributed by atoms with Gasteiger partial charge in [-0.1, -0.05) is 24.3 Å². The zero-order valence-electron chi connectivity index (χ0n) is 21.3. The van der Waals surface area contributed by atoms with E-state index in [0.717, 1.165) is 18.8 Å². The molecule has 8 nitrogen and oxygen atoms in total. The summed E-state index contributed by atoms with van der Waals surface area (Å²) in [5.41, 5.74) is -0.217. The summed E-state index contributed by atoms with van der Waals surface area (Å²) in [6.07, 6.45) is 0. The molecule has 6 rings (SSSR count). The van der Waals surface area contributed by atoms with E-state index in [1.807, 2.05) is 36.4 Å². The Labute approximate surface area is 239 Å². The molecule has 0 bridgehead atoms. The molecule has 6 aromatic rings. The molecule has 0 aliphatic heterocycles. The van der Waals surface area contributed by atoms with Crippen molar-refractivity contribution in [2.75, 3.05) is 20.0 Å². The second kappa shape index (κ2) is 11.4. The maximum absolute atomic E-state index is 12.8. The molecule has 0 aliphatic rings. The molecular weight excluding hydrogens is 564 g/mol. The van der Waals surface area contributed by atoms with Gasteiger partial charge >= 0.3 is 11.9 Å². The normalized spacial score (nSPS) is 11.1. The largest absolute Gasteiger partial charge is 0.482 e. The van der Waals surface area contributed by atoms with Crippen LogP contribution in [0.25, 0.3) is 40.3 Å². The van der Waals surface area contributed by atoms with Gasteiger partial charge in [0.05, 0.1) is 0 Å². The molecule has 0 saturated heterocycles. The van der Waals surface area contributed by atoms with Crippen molar-refractivity contribution < 1.29 is 28.5 Å². The van der Waals surface area contributed by atoms with Gasteiger partial charge in [-0.25, -0.2) is 9.59 Å². The highest BCUT2D eigenvalue weighted by atomic mass is 32.1. The maximum Gasteiger partial charge on any atom is 0.347 e. The zero-order valence-corrected chi connectivity index (χ0v) is 22.9. The van der Waals surface area contributed by atoms with Crippen LogP contribution in [-0.4, -0.2) is 31.9 Å². The summed E-state index contributed by atoms with van der Waals surface area (Å²) in [6.45, 7) is -1.49. The summed E-state index contributed by atoms with van der Waals surface area (Å²) >= 11 is 2.99. The van der Waals surface area contributed by atoms with Gasteiger partial charge in [0.2, 0.25) is 6.79 Å². The first kappa shape index (κ1) is 26.4. The molecule has 0 saturated carbocycles. The van der Waals surface area contributed by atoms with Crippen LogP contribution in [0, 0.1) is 0 Å². The average molecular weight is 585 g/mol. The van der Waals surface area contributed by atoms with E-state index in [1.54, 1.807) is 48.5 Å². The third-order valence-corrected chi connectivity index (χ3v) is 8.55. The molecule has 10 heteroatoms. The Balaban J connectivity index is 0.993. The van der Waals surface area contributed by atoms with Gasteiger partial charge in [-0.3, -0.25) is 9.59 Å².